The number of carbonyl (C=O) groups excluding carboxylic acids is 1. The Kier molecular flexibility index (Phi) is 5.93. The minimum absolute atomic E-state index is 0.0321. The third-order valence-electron chi connectivity index (χ3n) is 5.54. The summed E-state index contributed by atoms with van der Waals surface area (Å²) in [5, 5.41) is 4.84. The van der Waals surface area contributed by atoms with Crippen molar-refractivity contribution in [3.8, 4) is 0 Å². The summed E-state index contributed by atoms with van der Waals surface area (Å²) in [5.74, 6) is 2.13. The number of carbonyl (C=O) groups is 1. The van der Waals surface area contributed by atoms with E-state index in [2.05, 4.69) is 25.1 Å². The van der Waals surface area contributed by atoms with Gasteiger partial charge in [0.2, 0.25) is 5.91 Å². The molecule has 0 spiro atoms. The summed E-state index contributed by atoms with van der Waals surface area (Å²) in [6.45, 7) is 3.69. The van der Waals surface area contributed by atoms with Crippen molar-refractivity contribution in [1.82, 2.24) is 15.0 Å². The first kappa shape index (κ1) is 21.1. The Balaban J connectivity index is 1.40. The summed E-state index contributed by atoms with van der Waals surface area (Å²) >= 11 is 3.19. The molecule has 7 heteroatoms. The number of hydrogen-bond acceptors (Lipinski definition) is 6. The fraction of sp³-hybridized carbons (Fsp3) is 0.280. The second kappa shape index (κ2) is 9.00. The van der Waals surface area contributed by atoms with Gasteiger partial charge in [-0.05, 0) is 37.0 Å². The van der Waals surface area contributed by atoms with Crippen LogP contribution in [0.1, 0.15) is 49.7 Å². The van der Waals surface area contributed by atoms with Crippen LogP contribution in [0.25, 0.3) is 10.9 Å². The van der Waals surface area contributed by atoms with Crippen molar-refractivity contribution >= 4 is 50.7 Å². The number of anilines is 2. The number of benzene rings is 2. The van der Waals surface area contributed by atoms with E-state index in [1.165, 1.54) is 24.2 Å². The molecule has 0 N–H and O–H groups in total. The molecule has 1 saturated carbocycles. The van der Waals surface area contributed by atoms with Gasteiger partial charge in [-0.3, -0.25) is 9.69 Å². The van der Waals surface area contributed by atoms with Gasteiger partial charge in [0.1, 0.15) is 10.9 Å². The van der Waals surface area contributed by atoms with Gasteiger partial charge in [-0.25, -0.2) is 15.0 Å². The molecule has 1 amide bonds. The second-order valence-electron chi connectivity index (χ2n) is 7.93. The minimum atomic E-state index is -0.0321. The van der Waals surface area contributed by atoms with E-state index < -0.39 is 0 Å². The Morgan fingerprint density at radius 3 is 2.66 bits per heavy atom. The van der Waals surface area contributed by atoms with Gasteiger partial charge in [0.15, 0.2) is 5.13 Å². The van der Waals surface area contributed by atoms with Crippen molar-refractivity contribution in [1.29, 1.82) is 0 Å². The Hall–Kier alpha value is -2.77. The lowest BCUT2D eigenvalue weighted by Gasteiger charge is -2.20. The van der Waals surface area contributed by atoms with Gasteiger partial charge in [0, 0.05) is 29.4 Å². The molecule has 2 heterocycles. The maximum Gasteiger partial charge on any atom is 0.230 e. The number of para-hydroxylation sites is 2. The van der Waals surface area contributed by atoms with E-state index in [1.54, 1.807) is 23.6 Å². The van der Waals surface area contributed by atoms with E-state index in [9.17, 15) is 4.79 Å². The van der Waals surface area contributed by atoms with Gasteiger partial charge >= 0.3 is 0 Å². The Labute approximate surface area is 195 Å². The maximum absolute atomic E-state index is 12.5. The summed E-state index contributed by atoms with van der Waals surface area (Å²) in [5.41, 5.74) is 4.00. The molecule has 1 fully saturated rings. The first-order chi connectivity index (χ1) is 15.6. The lowest BCUT2D eigenvalue weighted by molar-refractivity contribution is -0.115. The zero-order valence-electron chi connectivity index (χ0n) is 18.1. The van der Waals surface area contributed by atoms with E-state index in [4.69, 9.17) is 15.0 Å². The number of thioether (sulfide) groups is 1. The molecule has 0 radical (unpaired) electrons. The topological polar surface area (TPSA) is 59.0 Å². The Bertz CT molecular complexity index is 1280. The van der Waals surface area contributed by atoms with Gasteiger partial charge in [0.05, 0.1) is 16.9 Å². The molecule has 0 unspecified atom stereocenters. The molecule has 0 atom stereocenters. The van der Waals surface area contributed by atoms with E-state index in [0.29, 0.717) is 16.8 Å². The number of amides is 1. The van der Waals surface area contributed by atoms with Crippen LogP contribution in [0, 0.1) is 0 Å². The highest BCUT2D eigenvalue weighted by molar-refractivity contribution is 7.98. The van der Waals surface area contributed by atoms with E-state index in [0.717, 1.165) is 45.1 Å². The summed E-state index contributed by atoms with van der Waals surface area (Å²) in [7, 11) is 0. The van der Waals surface area contributed by atoms with E-state index in [-0.39, 0.29) is 5.91 Å². The third kappa shape index (κ3) is 4.27. The minimum Gasteiger partial charge on any atom is -0.274 e. The summed E-state index contributed by atoms with van der Waals surface area (Å²) in [6, 6.07) is 16.2. The van der Waals surface area contributed by atoms with Gasteiger partial charge in [-0.15, -0.1) is 11.3 Å². The highest BCUT2D eigenvalue weighted by Gasteiger charge is 2.27. The van der Waals surface area contributed by atoms with Crippen LogP contribution in [0.15, 0.2) is 58.9 Å². The predicted octanol–water partition coefficient (Wildman–Crippen LogP) is 6.50. The van der Waals surface area contributed by atoms with Crippen molar-refractivity contribution < 1.29 is 4.79 Å². The number of rotatable bonds is 7. The number of fused-ring (bicyclic) bond motifs is 1. The Morgan fingerprint density at radius 2 is 1.88 bits per heavy atom. The largest absolute Gasteiger partial charge is 0.274 e. The number of thiazole rings is 1. The molecule has 5 rings (SSSR count). The summed E-state index contributed by atoms with van der Waals surface area (Å²) < 4.78 is 0. The quantitative estimate of drug-likeness (QED) is 0.233. The number of nitrogens with zero attached hydrogens (tertiary/aromatic N) is 4. The number of aromatic nitrogens is 3. The normalized spacial score (nSPS) is 13.4. The number of aryl methyl sites for hydroxylation is 1. The SMILES string of the molecule is CCc1ccccc1N(C(C)=O)c1nc(CSc2nc(C3CC3)nc3ccccc23)cs1. The van der Waals surface area contributed by atoms with Crippen LogP contribution in [0.2, 0.25) is 0 Å². The van der Waals surface area contributed by atoms with Crippen molar-refractivity contribution in [2.45, 2.75) is 49.8 Å². The van der Waals surface area contributed by atoms with Crippen LogP contribution in [0.5, 0.6) is 0 Å². The summed E-state index contributed by atoms with van der Waals surface area (Å²) in [4.78, 5) is 28.7. The monoisotopic (exact) mass is 460 g/mol. The molecule has 1 aliphatic rings. The molecule has 2 aromatic heterocycles. The molecule has 4 aromatic rings. The zero-order chi connectivity index (χ0) is 22.1. The van der Waals surface area contributed by atoms with Gasteiger partial charge in [-0.1, -0.05) is 55.1 Å². The predicted molar refractivity (Wildman–Crippen MR) is 132 cm³/mol. The second-order valence-corrected chi connectivity index (χ2v) is 9.73. The van der Waals surface area contributed by atoms with Gasteiger partial charge < -0.3 is 0 Å². The first-order valence-electron chi connectivity index (χ1n) is 10.9. The van der Waals surface area contributed by atoms with Crippen molar-refractivity contribution in [2.24, 2.45) is 0 Å². The highest BCUT2D eigenvalue weighted by Crippen LogP contribution is 2.40. The van der Waals surface area contributed by atoms with Crippen LogP contribution in [-0.2, 0) is 17.0 Å². The average molecular weight is 461 g/mol. The van der Waals surface area contributed by atoms with Crippen LogP contribution in [0.3, 0.4) is 0 Å². The molecule has 1 aliphatic carbocycles. The third-order valence-corrected chi connectivity index (χ3v) is 7.44. The molecule has 2 aromatic carbocycles. The molecular formula is C25H24N4OS2. The van der Waals surface area contributed by atoms with E-state index >= 15 is 0 Å². The molecule has 0 aliphatic heterocycles. The molecule has 162 valence electrons. The van der Waals surface area contributed by atoms with Crippen molar-refractivity contribution in [2.75, 3.05) is 4.90 Å². The van der Waals surface area contributed by atoms with Crippen molar-refractivity contribution in [3.05, 3.63) is 71.0 Å². The molecule has 0 saturated heterocycles. The highest BCUT2D eigenvalue weighted by atomic mass is 32.2. The summed E-state index contributed by atoms with van der Waals surface area (Å²) in [6.07, 6.45) is 3.22. The maximum atomic E-state index is 12.5. The van der Waals surface area contributed by atoms with Crippen LogP contribution in [-0.4, -0.2) is 20.9 Å². The molecule has 32 heavy (non-hydrogen) atoms. The molecule has 5 nitrogen and oxygen atoms in total. The van der Waals surface area contributed by atoms with E-state index in [1.807, 2.05) is 35.7 Å². The smallest absolute Gasteiger partial charge is 0.230 e. The molecular weight excluding hydrogens is 436 g/mol. The lowest BCUT2D eigenvalue weighted by atomic mass is 10.1. The van der Waals surface area contributed by atoms with Gasteiger partial charge in [0.25, 0.3) is 0 Å². The zero-order valence-corrected chi connectivity index (χ0v) is 19.7. The number of hydrogen-bond donors (Lipinski definition) is 0. The van der Waals surface area contributed by atoms with Gasteiger partial charge in [-0.2, -0.15) is 0 Å². The van der Waals surface area contributed by atoms with Crippen molar-refractivity contribution in [3.63, 3.8) is 0 Å². The fourth-order valence-corrected chi connectivity index (χ4v) is 5.65. The van der Waals surface area contributed by atoms with Crippen LogP contribution in [0.4, 0.5) is 10.8 Å². The van der Waals surface area contributed by atoms with Crippen LogP contribution >= 0.6 is 23.1 Å². The first-order valence-corrected chi connectivity index (χ1v) is 12.7. The standard InChI is InChI=1S/C25H24N4OS2/c1-3-17-8-4-7-11-22(17)29(16(2)30)25-26-19(15-32-25)14-31-24-20-9-5-6-10-21(20)27-23(28-24)18-12-13-18/h4-11,15,18H,3,12-14H2,1-2H3. The average Bonchev–Trinajstić information content (AvgIpc) is 3.57. The fourth-order valence-electron chi connectivity index (χ4n) is 3.74. The van der Waals surface area contributed by atoms with Crippen LogP contribution < -0.4 is 4.90 Å². The molecule has 0 bridgehead atoms. The lowest BCUT2D eigenvalue weighted by Crippen LogP contribution is -2.23. The Morgan fingerprint density at radius 1 is 1.09 bits per heavy atom.